The molecule has 0 bridgehead atoms. The number of imide groups is 1. The van der Waals surface area contributed by atoms with Crippen molar-refractivity contribution in [1.29, 1.82) is 0 Å². The fourth-order valence-electron chi connectivity index (χ4n) is 3.15. The van der Waals surface area contributed by atoms with Crippen LogP contribution in [0.3, 0.4) is 0 Å². The number of benzene rings is 1. The van der Waals surface area contributed by atoms with E-state index in [1.807, 2.05) is 0 Å². The van der Waals surface area contributed by atoms with Crippen molar-refractivity contribution in [3.05, 3.63) is 22.2 Å². The normalized spacial score (nSPS) is 20.0. The SMILES string of the molecule is COc1cc(/C=N/N2C(=O)NC3(CCCCC3)C2=O)cc(Br)c1O. The van der Waals surface area contributed by atoms with E-state index in [1.54, 1.807) is 12.1 Å². The molecule has 24 heavy (non-hydrogen) atoms. The van der Waals surface area contributed by atoms with Crippen LogP contribution in [0.5, 0.6) is 11.5 Å². The highest BCUT2D eigenvalue weighted by Crippen LogP contribution is 2.35. The smallest absolute Gasteiger partial charge is 0.346 e. The second kappa shape index (κ2) is 6.43. The summed E-state index contributed by atoms with van der Waals surface area (Å²) < 4.78 is 5.50. The lowest BCUT2D eigenvalue weighted by Gasteiger charge is -2.29. The molecule has 1 aromatic carbocycles. The summed E-state index contributed by atoms with van der Waals surface area (Å²) >= 11 is 3.22. The Morgan fingerprint density at radius 3 is 2.71 bits per heavy atom. The number of halogens is 1. The van der Waals surface area contributed by atoms with E-state index in [2.05, 4.69) is 26.3 Å². The fourth-order valence-corrected chi connectivity index (χ4v) is 3.61. The zero-order valence-corrected chi connectivity index (χ0v) is 14.8. The van der Waals surface area contributed by atoms with E-state index < -0.39 is 11.6 Å². The Labute approximate surface area is 147 Å². The molecule has 3 amide bonds. The van der Waals surface area contributed by atoms with E-state index in [-0.39, 0.29) is 17.4 Å². The third-order valence-corrected chi connectivity index (χ3v) is 5.04. The predicted octanol–water partition coefficient (Wildman–Crippen LogP) is 2.75. The van der Waals surface area contributed by atoms with Crippen molar-refractivity contribution in [3.63, 3.8) is 0 Å². The van der Waals surface area contributed by atoms with Crippen LogP contribution in [0, 0.1) is 0 Å². The highest BCUT2D eigenvalue weighted by atomic mass is 79.9. The maximum Gasteiger partial charge on any atom is 0.346 e. The summed E-state index contributed by atoms with van der Waals surface area (Å²) in [6.07, 6.45) is 5.63. The number of urea groups is 1. The highest BCUT2D eigenvalue weighted by molar-refractivity contribution is 9.10. The summed E-state index contributed by atoms with van der Waals surface area (Å²) in [5, 5.41) is 17.5. The number of nitrogens with one attached hydrogen (secondary N) is 1. The van der Waals surface area contributed by atoms with Crippen molar-refractivity contribution >= 4 is 34.1 Å². The number of amides is 3. The molecule has 7 nitrogen and oxygen atoms in total. The van der Waals surface area contributed by atoms with E-state index in [0.29, 0.717) is 22.9 Å². The van der Waals surface area contributed by atoms with Gasteiger partial charge in [0.1, 0.15) is 5.54 Å². The van der Waals surface area contributed by atoms with Gasteiger partial charge >= 0.3 is 6.03 Å². The van der Waals surface area contributed by atoms with Gasteiger partial charge in [-0.2, -0.15) is 5.10 Å². The largest absolute Gasteiger partial charge is 0.503 e. The first-order valence-corrected chi connectivity index (χ1v) is 8.53. The van der Waals surface area contributed by atoms with Crippen molar-refractivity contribution in [3.8, 4) is 11.5 Å². The van der Waals surface area contributed by atoms with E-state index in [1.165, 1.54) is 13.3 Å². The third-order valence-electron chi connectivity index (χ3n) is 4.44. The third kappa shape index (κ3) is 2.86. The van der Waals surface area contributed by atoms with Gasteiger partial charge in [-0.15, -0.1) is 5.01 Å². The highest BCUT2D eigenvalue weighted by Gasteiger charge is 2.51. The van der Waals surface area contributed by atoms with Gasteiger partial charge in [0.25, 0.3) is 5.91 Å². The number of phenolic OH excluding ortho intramolecular Hbond substituents is 1. The minimum Gasteiger partial charge on any atom is -0.503 e. The number of ether oxygens (including phenoxy) is 1. The molecule has 1 aliphatic carbocycles. The number of methoxy groups -OCH3 is 1. The van der Waals surface area contributed by atoms with Crippen molar-refractivity contribution in [2.24, 2.45) is 5.10 Å². The minimum atomic E-state index is -0.792. The van der Waals surface area contributed by atoms with Gasteiger partial charge in [0.2, 0.25) is 0 Å². The first-order valence-electron chi connectivity index (χ1n) is 7.74. The molecule has 1 aromatic rings. The standard InChI is InChI=1S/C16H18BrN3O4/c1-24-12-8-10(7-11(17)13(12)21)9-18-20-14(22)16(19-15(20)23)5-3-2-4-6-16/h7-9,21H,2-6H2,1H3,(H,19,23)/b18-9+. The quantitative estimate of drug-likeness (QED) is 0.607. The Kier molecular flexibility index (Phi) is 4.49. The first kappa shape index (κ1) is 16.8. The van der Waals surface area contributed by atoms with Crippen molar-refractivity contribution < 1.29 is 19.4 Å². The monoisotopic (exact) mass is 395 g/mol. The Morgan fingerprint density at radius 1 is 1.33 bits per heavy atom. The number of hydrogen-bond donors (Lipinski definition) is 2. The van der Waals surface area contributed by atoms with Crippen LogP contribution < -0.4 is 10.1 Å². The molecule has 2 fully saturated rings. The number of phenols is 1. The molecular formula is C16H18BrN3O4. The lowest BCUT2D eigenvalue weighted by Crippen LogP contribution is -2.48. The van der Waals surface area contributed by atoms with Gasteiger partial charge in [-0.3, -0.25) is 4.79 Å². The van der Waals surface area contributed by atoms with Crippen molar-refractivity contribution in [2.75, 3.05) is 7.11 Å². The maximum atomic E-state index is 12.6. The molecule has 1 saturated carbocycles. The predicted molar refractivity (Wildman–Crippen MR) is 91.1 cm³/mol. The molecule has 1 saturated heterocycles. The lowest BCUT2D eigenvalue weighted by molar-refractivity contribution is -0.132. The van der Waals surface area contributed by atoms with Gasteiger partial charge in [0, 0.05) is 0 Å². The van der Waals surface area contributed by atoms with Crippen molar-refractivity contribution in [1.82, 2.24) is 10.3 Å². The minimum absolute atomic E-state index is 0.0224. The average molecular weight is 396 g/mol. The molecule has 1 heterocycles. The molecule has 1 aliphatic heterocycles. The van der Waals surface area contributed by atoms with Crippen LogP contribution in [0.1, 0.15) is 37.7 Å². The van der Waals surface area contributed by atoms with Crippen LogP contribution in [-0.2, 0) is 4.79 Å². The first-order chi connectivity index (χ1) is 11.5. The van der Waals surface area contributed by atoms with E-state index in [9.17, 15) is 14.7 Å². The zero-order chi connectivity index (χ0) is 17.3. The molecule has 0 aromatic heterocycles. The van der Waals surface area contributed by atoms with Gasteiger partial charge in [-0.25, -0.2) is 4.79 Å². The Hall–Kier alpha value is -2.09. The number of carbonyl (C=O) groups is 2. The van der Waals surface area contributed by atoms with Crippen LogP contribution >= 0.6 is 15.9 Å². The Bertz CT molecular complexity index is 714. The Balaban J connectivity index is 1.83. The van der Waals surface area contributed by atoms with Gasteiger partial charge in [0.15, 0.2) is 11.5 Å². The average Bonchev–Trinajstić information content (AvgIpc) is 2.79. The second-order valence-corrected chi connectivity index (χ2v) is 6.84. The number of carbonyl (C=O) groups excluding carboxylic acids is 2. The number of aromatic hydroxyl groups is 1. The summed E-state index contributed by atoms with van der Waals surface area (Å²) in [6.45, 7) is 0. The van der Waals surface area contributed by atoms with Gasteiger partial charge in [-0.05, 0) is 46.5 Å². The molecule has 3 rings (SSSR count). The number of hydrazone groups is 1. The molecule has 2 aliphatic rings. The van der Waals surface area contributed by atoms with Crippen LogP contribution in [-0.4, -0.2) is 40.9 Å². The molecule has 1 spiro atoms. The van der Waals surface area contributed by atoms with Crippen molar-refractivity contribution in [2.45, 2.75) is 37.6 Å². The summed E-state index contributed by atoms with van der Waals surface area (Å²) in [7, 11) is 1.44. The van der Waals surface area contributed by atoms with Crippen LogP contribution in [0.4, 0.5) is 4.79 Å². The second-order valence-electron chi connectivity index (χ2n) is 5.99. The Morgan fingerprint density at radius 2 is 2.04 bits per heavy atom. The summed E-state index contributed by atoms with van der Waals surface area (Å²) in [4.78, 5) is 24.7. The molecule has 8 heteroatoms. The molecular weight excluding hydrogens is 378 g/mol. The van der Waals surface area contributed by atoms with Crippen LogP contribution in [0.2, 0.25) is 0 Å². The molecule has 0 unspecified atom stereocenters. The van der Waals surface area contributed by atoms with Gasteiger partial charge in [0.05, 0.1) is 17.8 Å². The van der Waals surface area contributed by atoms with E-state index in [0.717, 1.165) is 24.3 Å². The summed E-state index contributed by atoms with van der Waals surface area (Å²) in [5.41, 5.74) is -0.207. The molecule has 2 N–H and O–H groups in total. The fraction of sp³-hybridized carbons (Fsp3) is 0.438. The molecule has 128 valence electrons. The summed E-state index contributed by atoms with van der Waals surface area (Å²) in [6, 6.07) is 2.69. The zero-order valence-electron chi connectivity index (χ0n) is 13.2. The number of hydrogen-bond acceptors (Lipinski definition) is 5. The number of nitrogens with zero attached hydrogens (tertiary/aromatic N) is 2. The van der Waals surface area contributed by atoms with Crippen LogP contribution in [0.15, 0.2) is 21.7 Å². The van der Waals surface area contributed by atoms with E-state index >= 15 is 0 Å². The number of rotatable bonds is 3. The lowest BCUT2D eigenvalue weighted by atomic mass is 9.82. The van der Waals surface area contributed by atoms with E-state index in [4.69, 9.17) is 4.74 Å². The molecule has 0 radical (unpaired) electrons. The van der Waals surface area contributed by atoms with Gasteiger partial charge < -0.3 is 15.2 Å². The maximum absolute atomic E-state index is 12.6. The molecule has 0 atom stereocenters. The van der Waals surface area contributed by atoms with Gasteiger partial charge in [-0.1, -0.05) is 19.3 Å². The van der Waals surface area contributed by atoms with Crippen LogP contribution in [0.25, 0.3) is 0 Å². The topological polar surface area (TPSA) is 91.2 Å². The summed E-state index contributed by atoms with van der Waals surface area (Å²) in [5.74, 6) is -0.0502.